The quantitative estimate of drug-likeness (QED) is 0.783. The maximum absolute atomic E-state index is 5.82. The predicted molar refractivity (Wildman–Crippen MR) is 83.3 cm³/mol. The maximum Gasteiger partial charge on any atom is 0.156 e. The summed E-state index contributed by atoms with van der Waals surface area (Å²) >= 11 is 0. The minimum atomic E-state index is -0.0453. The molecule has 5 nitrogen and oxygen atoms in total. The Labute approximate surface area is 123 Å². The van der Waals surface area contributed by atoms with Crippen molar-refractivity contribution in [1.82, 2.24) is 20.0 Å². The summed E-state index contributed by atoms with van der Waals surface area (Å²) in [5.74, 6) is 0.761. The average Bonchev–Trinajstić information content (AvgIpc) is 2.89. The molecule has 5 heteroatoms. The van der Waals surface area contributed by atoms with Crippen LogP contribution in [0.15, 0.2) is 36.4 Å². The highest BCUT2D eigenvalue weighted by molar-refractivity contribution is 5.75. The zero-order valence-electron chi connectivity index (χ0n) is 12.5. The largest absolute Gasteiger partial charge is 0.326 e. The first-order valence-electron chi connectivity index (χ1n) is 7.01. The summed E-state index contributed by atoms with van der Waals surface area (Å²) in [6, 6.07) is 11.9. The number of rotatable bonds is 2. The van der Waals surface area contributed by atoms with E-state index in [2.05, 4.69) is 37.1 Å². The molecule has 0 unspecified atom stereocenters. The summed E-state index contributed by atoms with van der Waals surface area (Å²) in [5, 5.41) is 8.41. The molecule has 21 heavy (non-hydrogen) atoms. The molecule has 0 spiro atoms. The Morgan fingerprint density at radius 2 is 1.90 bits per heavy atom. The SMILES string of the molecule is CC(C)(C)c1cc(CN)cc(-n2nnc3ccccc32)n1. The Hall–Kier alpha value is -2.27. The standard InChI is InChI=1S/C16H19N5/c1-16(2,3)14-8-11(10-17)9-15(18-14)21-13-7-5-4-6-12(13)19-20-21/h4-9H,10,17H2,1-3H3. The van der Waals surface area contributed by atoms with Gasteiger partial charge >= 0.3 is 0 Å². The van der Waals surface area contributed by atoms with Crippen molar-refractivity contribution in [1.29, 1.82) is 0 Å². The van der Waals surface area contributed by atoms with E-state index < -0.39 is 0 Å². The number of hydrogen-bond acceptors (Lipinski definition) is 4. The van der Waals surface area contributed by atoms with Crippen molar-refractivity contribution in [2.45, 2.75) is 32.7 Å². The van der Waals surface area contributed by atoms with Gasteiger partial charge in [0.15, 0.2) is 5.82 Å². The Kier molecular flexibility index (Phi) is 3.22. The van der Waals surface area contributed by atoms with Crippen molar-refractivity contribution >= 4 is 11.0 Å². The van der Waals surface area contributed by atoms with Gasteiger partial charge < -0.3 is 5.73 Å². The summed E-state index contributed by atoms with van der Waals surface area (Å²) in [6.45, 7) is 6.89. The van der Waals surface area contributed by atoms with Crippen LogP contribution in [-0.4, -0.2) is 20.0 Å². The fourth-order valence-corrected chi connectivity index (χ4v) is 2.22. The number of hydrogen-bond donors (Lipinski definition) is 1. The Bertz CT molecular complexity index is 783. The van der Waals surface area contributed by atoms with Gasteiger partial charge in [-0.05, 0) is 29.8 Å². The van der Waals surface area contributed by atoms with Gasteiger partial charge in [0.05, 0.1) is 5.52 Å². The van der Waals surface area contributed by atoms with Crippen molar-refractivity contribution in [2.75, 3.05) is 0 Å². The van der Waals surface area contributed by atoms with E-state index in [9.17, 15) is 0 Å². The molecule has 0 fully saturated rings. The summed E-state index contributed by atoms with van der Waals surface area (Å²) in [4.78, 5) is 4.75. The van der Waals surface area contributed by atoms with Crippen molar-refractivity contribution in [3.63, 3.8) is 0 Å². The lowest BCUT2D eigenvalue weighted by Gasteiger charge is -2.19. The molecule has 2 heterocycles. The first-order valence-corrected chi connectivity index (χ1v) is 7.01. The second-order valence-corrected chi connectivity index (χ2v) is 6.16. The molecule has 0 amide bonds. The minimum Gasteiger partial charge on any atom is -0.326 e. The van der Waals surface area contributed by atoms with Crippen molar-refractivity contribution in [3.05, 3.63) is 47.7 Å². The number of nitrogens with two attached hydrogens (primary N) is 1. The van der Waals surface area contributed by atoms with Gasteiger partial charge in [-0.1, -0.05) is 38.1 Å². The van der Waals surface area contributed by atoms with Crippen LogP contribution in [-0.2, 0) is 12.0 Å². The third kappa shape index (κ3) is 2.52. The molecule has 0 radical (unpaired) electrons. The van der Waals surface area contributed by atoms with E-state index in [-0.39, 0.29) is 5.41 Å². The third-order valence-electron chi connectivity index (χ3n) is 3.44. The van der Waals surface area contributed by atoms with Gasteiger partial charge in [-0.25, -0.2) is 4.98 Å². The first kappa shape index (κ1) is 13.7. The van der Waals surface area contributed by atoms with Gasteiger partial charge in [-0.15, -0.1) is 5.10 Å². The van der Waals surface area contributed by atoms with Crippen LogP contribution in [0.2, 0.25) is 0 Å². The highest BCUT2D eigenvalue weighted by Crippen LogP contribution is 2.24. The lowest BCUT2D eigenvalue weighted by molar-refractivity contribution is 0.564. The molecule has 0 aliphatic carbocycles. The number of fused-ring (bicyclic) bond motifs is 1. The average molecular weight is 281 g/mol. The van der Waals surface area contributed by atoms with Crippen LogP contribution >= 0.6 is 0 Å². The Morgan fingerprint density at radius 1 is 1.14 bits per heavy atom. The number of benzene rings is 1. The van der Waals surface area contributed by atoms with Gasteiger partial charge in [-0.2, -0.15) is 4.68 Å². The van der Waals surface area contributed by atoms with Crippen LogP contribution in [0, 0.1) is 0 Å². The normalized spacial score (nSPS) is 12.0. The van der Waals surface area contributed by atoms with E-state index in [1.54, 1.807) is 4.68 Å². The van der Waals surface area contributed by atoms with Crippen LogP contribution in [0.5, 0.6) is 0 Å². The van der Waals surface area contributed by atoms with E-state index in [1.807, 2.05) is 30.3 Å². The molecule has 108 valence electrons. The minimum absolute atomic E-state index is 0.0453. The van der Waals surface area contributed by atoms with Crippen molar-refractivity contribution in [2.24, 2.45) is 5.73 Å². The molecule has 2 N–H and O–H groups in total. The van der Waals surface area contributed by atoms with Crippen LogP contribution < -0.4 is 5.73 Å². The Morgan fingerprint density at radius 3 is 2.62 bits per heavy atom. The summed E-state index contributed by atoms with van der Waals surface area (Å²) in [7, 11) is 0. The van der Waals surface area contributed by atoms with E-state index in [1.165, 1.54) is 0 Å². The van der Waals surface area contributed by atoms with Crippen molar-refractivity contribution in [3.8, 4) is 5.82 Å². The molecule has 0 bridgehead atoms. The van der Waals surface area contributed by atoms with Gasteiger partial charge in [0.1, 0.15) is 5.52 Å². The second kappa shape index (κ2) is 4.93. The van der Waals surface area contributed by atoms with E-state index in [0.717, 1.165) is 28.1 Å². The molecule has 0 aliphatic heterocycles. The molecule has 0 saturated heterocycles. The molecule has 0 saturated carbocycles. The zero-order valence-corrected chi connectivity index (χ0v) is 12.5. The summed E-state index contributed by atoms with van der Waals surface area (Å²) in [5.41, 5.74) is 9.62. The lowest BCUT2D eigenvalue weighted by Crippen LogP contribution is -2.16. The highest BCUT2D eigenvalue weighted by Gasteiger charge is 2.18. The topological polar surface area (TPSA) is 69.6 Å². The molecule has 3 rings (SSSR count). The van der Waals surface area contributed by atoms with Crippen LogP contribution in [0.25, 0.3) is 16.9 Å². The highest BCUT2D eigenvalue weighted by atomic mass is 15.4. The van der Waals surface area contributed by atoms with Gasteiger partial charge in [0.2, 0.25) is 0 Å². The van der Waals surface area contributed by atoms with E-state index >= 15 is 0 Å². The molecular formula is C16H19N5. The second-order valence-electron chi connectivity index (χ2n) is 6.16. The van der Waals surface area contributed by atoms with Crippen molar-refractivity contribution < 1.29 is 0 Å². The Balaban J connectivity index is 2.22. The van der Waals surface area contributed by atoms with E-state index in [0.29, 0.717) is 6.54 Å². The number of pyridine rings is 1. The van der Waals surface area contributed by atoms with E-state index in [4.69, 9.17) is 10.7 Å². The smallest absolute Gasteiger partial charge is 0.156 e. The van der Waals surface area contributed by atoms with Crippen LogP contribution in [0.3, 0.4) is 0 Å². The molecule has 3 aromatic rings. The lowest BCUT2D eigenvalue weighted by atomic mass is 9.91. The van der Waals surface area contributed by atoms with Gasteiger partial charge in [0.25, 0.3) is 0 Å². The fraction of sp³-hybridized carbons (Fsp3) is 0.312. The number of nitrogens with zero attached hydrogens (tertiary/aromatic N) is 4. The molecule has 1 aromatic carbocycles. The number of para-hydroxylation sites is 1. The fourth-order valence-electron chi connectivity index (χ4n) is 2.22. The molecule has 2 aromatic heterocycles. The monoisotopic (exact) mass is 281 g/mol. The molecule has 0 atom stereocenters. The van der Waals surface area contributed by atoms with Gasteiger partial charge in [0, 0.05) is 17.7 Å². The molecular weight excluding hydrogens is 262 g/mol. The molecule has 0 aliphatic rings. The third-order valence-corrected chi connectivity index (χ3v) is 3.44. The van der Waals surface area contributed by atoms with Crippen LogP contribution in [0.1, 0.15) is 32.0 Å². The maximum atomic E-state index is 5.82. The van der Waals surface area contributed by atoms with Gasteiger partial charge in [-0.3, -0.25) is 0 Å². The predicted octanol–water partition coefficient (Wildman–Crippen LogP) is 2.57. The summed E-state index contributed by atoms with van der Waals surface area (Å²) < 4.78 is 1.77. The zero-order chi connectivity index (χ0) is 15.0. The summed E-state index contributed by atoms with van der Waals surface area (Å²) in [6.07, 6.45) is 0. The number of aromatic nitrogens is 4. The van der Waals surface area contributed by atoms with Crippen LogP contribution in [0.4, 0.5) is 0 Å². The first-order chi connectivity index (χ1) is 9.99.